The molecule has 2 heterocycles. The zero-order chi connectivity index (χ0) is 17.2. The first kappa shape index (κ1) is 15.3. The number of nitrogens with one attached hydrogen (secondary N) is 1. The molecule has 0 atom stereocenters. The molecular weight excluding hydrogens is 312 g/mol. The number of para-hydroxylation sites is 1. The molecule has 0 unspecified atom stereocenters. The van der Waals surface area contributed by atoms with E-state index in [2.05, 4.69) is 32.3 Å². The van der Waals surface area contributed by atoms with E-state index in [1.54, 1.807) is 12.4 Å². The number of carbonyl (C=O) groups excluding carboxylic acids is 1. The number of rotatable bonds is 3. The SMILES string of the molecule is Cc1ccc(NC(=O)c2cnc(N3CCc4ccccc43)nc2)cc1. The van der Waals surface area contributed by atoms with Crippen LogP contribution in [0.25, 0.3) is 0 Å². The van der Waals surface area contributed by atoms with Crippen LogP contribution in [0, 0.1) is 6.92 Å². The Kier molecular flexibility index (Phi) is 3.90. The van der Waals surface area contributed by atoms with E-state index < -0.39 is 0 Å². The monoisotopic (exact) mass is 330 g/mol. The highest BCUT2D eigenvalue weighted by molar-refractivity contribution is 6.03. The van der Waals surface area contributed by atoms with E-state index in [1.807, 2.05) is 43.3 Å². The summed E-state index contributed by atoms with van der Waals surface area (Å²) in [6.45, 7) is 2.86. The molecule has 1 amide bonds. The van der Waals surface area contributed by atoms with Crippen molar-refractivity contribution in [2.75, 3.05) is 16.8 Å². The molecule has 0 saturated carbocycles. The smallest absolute Gasteiger partial charge is 0.258 e. The minimum absolute atomic E-state index is 0.211. The van der Waals surface area contributed by atoms with Gasteiger partial charge in [0.05, 0.1) is 5.56 Å². The molecule has 0 saturated heterocycles. The average molecular weight is 330 g/mol. The highest BCUT2D eigenvalue weighted by Crippen LogP contribution is 2.31. The number of amides is 1. The lowest BCUT2D eigenvalue weighted by atomic mass is 10.2. The summed E-state index contributed by atoms with van der Waals surface area (Å²) in [4.78, 5) is 23.2. The fraction of sp³-hybridized carbons (Fsp3) is 0.150. The van der Waals surface area contributed by atoms with Crippen LogP contribution in [0.1, 0.15) is 21.5 Å². The molecule has 1 aromatic heterocycles. The molecule has 3 aromatic rings. The highest BCUT2D eigenvalue weighted by atomic mass is 16.1. The maximum Gasteiger partial charge on any atom is 0.258 e. The normalized spacial score (nSPS) is 12.8. The van der Waals surface area contributed by atoms with Crippen molar-refractivity contribution in [1.29, 1.82) is 0 Å². The molecule has 1 aliphatic heterocycles. The van der Waals surface area contributed by atoms with Gasteiger partial charge in [-0.15, -0.1) is 0 Å². The Bertz CT molecular complexity index is 904. The van der Waals surface area contributed by atoms with Gasteiger partial charge in [-0.2, -0.15) is 0 Å². The van der Waals surface area contributed by atoms with Crippen LogP contribution in [0.5, 0.6) is 0 Å². The molecule has 0 aliphatic carbocycles. The lowest BCUT2D eigenvalue weighted by molar-refractivity contribution is 0.102. The number of aryl methyl sites for hydroxylation is 1. The predicted molar refractivity (Wildman–Crippen MR) is 98.3 cm³/mol. The van der Waals surface area contributed by atoms with Gasteiger partial charge >= 0.3 is 0 Å². The summed E-state index contributed by atoms with van der Waals surface area (Å²) in [6.07, 6.45) is 4.13. The van der Waals surface area contributed by atoms with Crippen LogP contribution < -0.4 is 10.2 Å². The topological polar surface area (TPSA) is 58.1 Å². The number of carbonyl (C=O) groups is 1. The summed E-state index contributed by atoms with van der Waals surface area (Å²) >= 11 is 0. The van der Waals surface area contributed by atoms with Gasteiger partial charge in [-0.3, -0.25) is 4.79 Å². The third kappa shape index (κ3) is 3.08. The Morgan fingerprint density at radius 1 is 1.04 bits per heavy atom. The van der Waals surface area contributed by atoms with Gasteiger partial charge in [0.1, 0.15) is 0 Å². The maximum atomic E-state index is 12.3. The Balaban J connectivity index is 1.50. The number of aromatic nitrogens is 2. The lowest BCUT2D eigenvalue weighted by Gasteiger charge is -2.16. The number of fused-ring (bicyclic) bond motifs is 1. The van der Waals surface area contributed by atoms with Crippen molar-refractivity contribution in [3.8, 4) is 0 Å². The van der Waals surface area contributed by atoms with Gasteiger partial charge in [0.2, 0.25) is 5.95 Å². The molecule has 1 aliphatic rings. The summed E-state index contributed by atoms with van der Waals surface area (Å²) in [5.74, 6) is 0.411. The number of anilines is 3. The van der Waals surface area contributed by atoms with Gasteiger partial charge < -0.3 is 10.2 Å². The minimum atomic E-state index is -0.211. The Labute approximate surface area is 146 Å². The lowest BCUT2D eigenvalue weighted by Crippen LogP contribution is -2.18. The van der Waals surface area contributed by atoms with E-state index in [0.29, 0.717) is 11.5 Å². The standard InChI is InChI=1S/C20H18N4O/c1-14-6-8-17(9-7-14)23-19(25)16-12-21-20(22-13-16)24-11-10-15-4-2-3-5-18(15)24/h2-9,12-13H,10-11H2,1H3,(H,23,25). The van der Waals surface area contributed by atoms with Crippen molar-refractivity contribution in [3.05, 3.63) is 77.6 Å². The second kappa shape index (κ2) is 6.36. The first-order valence-corrected chi connectivity index (χ1v) is 8.26. The molecule has 0 bridgehead atoms. The first-order chi connectivity index (χ1) is 12.2. The average Bonchev–Trinajstić information content (AvgIpc) is 3.08. The van der Waals surface area contributed by atoms with E-state index in [-0.39, 0.29) is 5.91 Å². The molecule has 5 heteroatoms. The zero-order valence-corrected chi connectivity index (χ0v) is 13.9. The van der Waals surface area contributed by atoms with Crippen LogP contribution in [0.4, 0.5) is 17.3 Å². The van der Waals surface area contributed by atoms with Crippen LogP contribution in [0.15, 0.2) is 60.9 Å². The van der Waals surface area contributed by atoms with Crippen molar-refractivity contribution in [1.82, 2.24) is 9.97 Å². The summed E-state index contributed by atoms with van der Waals surface area (Å²) in [5.41, 5.74) is 4.79. The predicted octanol–water partition coefficient (Wildman–Crippen LogP) is 3.73. The minimum Gasteiger partial charge on any atom is -0.322 e. The Morgan fingerprint density at radius 2 is 1.76 bits per heavy atom. The molecule has 1 N–H and O–H groups in total. The number of hydrogen-bond acceptors (Lipinski definition) is 4. The number of benzene rings is 2. The molecule has 4 rings (SSSR count). The maximum absolute atomic E-state index is 12.3. The van der Waals surface area contributed by atoms with Gasteiger partial charge in [0, 0.05) is 30.3 Å². The fourth-order valence-corrected chi connectivity index (χ4v) is 2.96. The molecule has 124 valence electrons. The zero-order valence-electron chi connectivity index (χ0n) is 13.9. The van der Waals surface area contributed by atoms with Crippen molar-refractivity contribution in [2.24, 2.45) is 0 Å². The van der Waals surface area contributed by atoms with Crippen molar-refractivity contribution in [3.63, 3.8) is 0 Å². The summed E-state index contributed by atoms with van der Waals surface area (Å²) in [7, 11) is 0. The molecule has 0 radical (unpaired) electrons. The molecule has 5 nitrogen and oxygen atoms in total. The number of hydrogen-bond donors (Lipinski definition) is 1. The Hall–Kier alpha value is -3.21. The van der Waals surface area contributed by atoms with E-state index in [9.17, 15) is 4.79 Å². The molecular formula is C20H18N4O. The van der Waals surface area contributed by atoms with Crippen molar-refractivity contribution >= 4 is 23.2 Å². The van der Waals surface area contributed by atoms with Crippen LogP contribution in [-0.4, -0.2) is 22.4 Å². The van der Waals surface area contributed by atoms with Gasteiger partial charge in [-0.25, -0.2) is 9.97 Å². The van der Waals surface area contributed by atoms with Crippen LogP contribution in [0.2, 0.25) is 0 Å². The largest absolute Gasteiger partial charge is 0.322 e. The van der Waals surface area contributed by atoms with E-state index in [0.717, 1.165) is 29.9 Å². The van der Waals surface area contributed by atoms with Crippen LogP contribution in [0.3, 0.4) is 0 Å². The van der Waals surface area contributed by atoms with Gasteiger partial charge in [-0.1, -0.05) is 35.9 Å². The molecule has 0 fully saturated rings. The van der Waals surface area contributed by atoms with Crippen molar-refractivity contribution < 1.29 is 4.79 Å². The molecule has 25 heavy (non-hydrogen) atoms. The van der Waals surface area contributed by atoms with Gasteiger partial charge in [0.15, 0.2) is 0 Å². The summed E-state index contributed by atoms with van der Waals surface area (Å²) in [5, 5.41) is 2.86. The first-order valence-electron chi connectivity index (χ1n) is 8.26. The van der Waals surface area contributed by atoms with Gasteiger partial charge in [0.25, 0.3) is 5.91 Å². The van der Waals surface area contributed by atoms with Crippen LogP contribution >= 0.6 is 0 Å². The summed E-state index contributed by atoms with van der Waals surface area (Å²) < 4.78 is 0. The van der Waals surface area contributed by atoms with Crippen molar-refractivity contribution in [2.45, 2.75) is 13.3 Å². The van der Waals surface area contributed by atoms with E-state index in [4.69, 9.17) is 0 Å². The second-order valence-corrected chi connectivity index (χ2v) is 6.12. The highest BCUT2D eigenvalue weighted by Gasteiger charge is 2.21. The van der Waals surface area contributed by atoms with E-state index in [1.165, 1.54) is 5.56 Å². The quantitative estimate of drug-likeness (QED) is 0.795. The fourth-order valence-electron chi connectivity index (χ4n) is 2.96. The second-order valence-electron chi connectivity index (χ2n) is 6.12. The molecule has 2 aromatic carbocycles. The molecule has 0 spiro atoms. The third-order valence-electron chi connectivity index (χ3n) is 4.34. The summed E-state index contributed by atoms with van der Waals surface area (Å²) in [6, 6.07) is 15.9. The number of nitrogens with zero attached hydrogens (tertiary/aromatic N) is 3. The van der Waals surface area contributed by atoms with Crippen LogP contribution in [-0.2, 0) is 6.42 Å². The van der Waals surface area contributed by atoms with E-state index >= 15 is 0 Å². The van der Waals surface area contributed by atoms with Gasteiger partial charge in [-0.05, 0) is 37.1 Å². The Morgan fingerprint density at radius 3 is 2.52 bits per heavy atom. The third-order valence-corrected chi connectivity index (χ3v) is 4.34.